The number of carbonyl (C=O) groups excluding carboxylic acids is 2. The summed E-state index contributed by atoms with van der Waals surface area (Å²) in [5, 5.41) is 6.38. The monoisotopic (exact) mass is 333 g/mol. The zero-order valence-electron chi connectivity index (χ0n) is 13.7. The van der Waals surface area contributed by atoms with E-state index in [1.54, 1.807) is 6.07 Å². The first-order chi connectivity index (χ1) is 11.7. The molecule has 24 heavy (non-hydrogen) atoms. The molecule has 1 aliphatic carbocycles. The van der Waals surface area contributed by atoms with Crippen LogP contribution in [0.15, 0.2) is 16.8 Å². The van der Waals surface area contributed by atoms with Crippen LogP contribution in [0.3, 0.4) is 0 Å². The second-order valence-corrected chi connectivity index (χ2v) is 7.31. The van der Waals surface area contributed by atoms with Crippen molar-refractivity contribution in [1.29, 1.82) is 0 Å². The van der Waals surface area contributed by atoms with Crippen molar-refractivity contribution in [1.82, 2.24) is 15.4 Å². The zero-order valence-corrected chi connectivity index (χ0v) is 13.7. The molecule has 130 valence electrons. The Balaban J connectivity index is 1.19. The summed E-state index contributed by atoms with van der Waals surface area (Å²) in [6.07, 6.45) is 6.70. The lowest BCUT2D eigenvalue weighted by molar-refractivity contribution is -0.192. The van der Waals surface area contributed by atoms with E-state index in [-0.39, 0.29) is 23.2 Å². The van der Waals surface area contributed by atoms with E-state index in [0.717, 1.165) is 38.8 Å². The quantitative estimate of drug-likeness (QED) is 0.895. The number of carbonyl (C=O) groups is 2. The lowest BCUT2D eigenvalue weighted by Crippen LogP contribution is -2.67. The molecular formula is C17H23N3O4. The summed E-state index contributed by atoms with van der Waals surface area (Å²) in [5.41, 5.74) is -0.134. The molecule has 3 heterocycles. The summed E-state index contributed by atoms with van der Waals surface area (Å²) in [7, 11) is 0. The molecule has 7 nitrogen and oxygen atoms in total. The van der Waals surface area contributed by atoms with Crippen LogP contribution < -0.4 is 5.32 Å². The summed E-state index contributed by atoms with van der Waals surface area (Å²) in [4.78, 5) is 26.0. The topological polar surface area (TPSA) is 84.7 Å². The molecule has 3 fully saturated rings. The lowest BCUT2D eigenvalue weighted by atomic mass is 9.79. The van der Waals surface area contributed by atoms with Gasteiger partial charge in [0.2, 0.25) is 11.7 Å². The molecule has 1 aromatic rings. The molecule has 2 saturated heterocycles. The molecule has 4 rings (SSSR count). The van der Waals surface area contributed by atoms with Gasteiger partial charge in [0, 0.05) is 18.5 Å². The third-order valence-electron chi connectivity index (χ3n) is 5.57. The number of nitrogens with zero attached hydrogens (tertiary/aromatic N) is 2. The number of ether oxygens (including phenoxy) is 1. The van der Waals surface area contributed by atoms with Gasteiger partial charge in [-0.2, -0.15) is 0 Å². The van der Waals surface area contributed by atoms with Crippen molar-refractivity contribution in [3.05, 3.63) is 18.0 Å². The summed E-state index contributed by atoms with van der Waals surface area (Å²) < 4.78 is 10.9. The highest BCUT2D eigenvalue weighted by Gasteiger charge is 2.49. The van der Waals surface area contributed by atoms with Crippen LogP contribution in [-0.4, -0.2) is 53.7 Å². The van der Waals surface area contributed by atoms with Gasteiger partial charge in [0.1, 0.15) is 5.60 Å². The number of likely N-dealkylation sites (tertiary alicyclic amines) is 1. The van der Waals surface area contributed by atoms with Crippen molar-refractivity contribution in [3.63, 3.8) is 0 Å². The maximum Gasteiger partial charge on any atom is 0.289 e. The van der Waals surface area contributed by atoms with E-state index >= 15 is 0 Å². The maximum absolute atomic E-state index is 12.2. The Morgan fingerprint density at radius 1 is 1.33 bits per heavy atom. The van der Waals surface area contributed by atoms with Gasteiger partial charge in [0.05, 0.1) is 25.9 Å². The van der Waals surface area contributed by atoms with Crippen LogP contribution in [0.5, 0.6) is 0 Å². The van der Waals surface area contributed by atoms with Crippen molar-refractivity contribution >= 4 is 11.8 Å². The number of nitrogens with one attached hydrogen (secondary N) is 1. The minimum atomic E-state index is -0.242. The number of hydrogen-bond acceptors (Lipinski definition) is 5. The fourth-order valence-electron chi connectivity index (χ4n) is 3.70. The largest absolute Gasteiger partial charge is 0.371 e. The first-order valence-electron chi connectivity index (χ1n) is 8.77. The van der Waals surface area contributed by atoms with Crippen molar-refractivity contribution in [2.45, 2.75) is 37.7 Å². The Morgan fingerprint density at radius 3 is 2.75 bits per heavy atom. The predicted molar refractivity (Wildman–Crippen MR) is 84.2 cm³/mol. The summed E-state index contributed by atoms with van der Waals surface area (Å²) in [6.45, 7) is 2.67. The molecular weight excluding hydrogens is 310 g/mol. The molecule has 1 N–H and O–H groups in total. The van der Waals surface area contributed by atoms with E-state index in [9.17, 15) is 9.59 Å². The molecule has 0 radical (unpaired) electrons. The third-order valence-corrected chi connectivity index (χ3v) is 5.57. The Kier molecular flexibility index (Phi) is 4.04. The minimum absolute atomic E-state index is 0.134. The van der Waals surface area contributed by atoms with Gasteiger partial charge in [-0.15, -0.1) is 0 Å². The molecule has 1 spiro atoms. The van der Waals surface area contributed by atoms with Crippen LogP contribution in [0.2, 0.25) is 0 Å². The second kappa shape index (κ2) is 6.20. The standard InChI is InChI=1S/C17H23N3O4/c21-15(14-5-7-19-24-14)18-8-12-4-6-17(23-9-12)10-20(11-17)16(22)13-2-1-3-13/h5,7,12-13H,1-4,6,8-11H2,(H,18,21). The van der Waals surface area contributed by atoms with Gasteiger partial charge in [0.25, 0.3) is 5.91 Å². The van der Waals surface area contributed by atoms with E-state index in [2.05, 4.69) is 10.5 Å². The molecule has 1 aromatic heterocycles. The van der Waals surface area contributed by atoms with Gasteiger partial charge in [-0.1, -0.05) is 11.6 Å². The van der Waals surface area contributed by atoms with Gasteiger partial charge in [-0.3, -0.25) is 9.59 Å². The fraction of sp³-hybridized carbons (Fsp3) is 0.706. The third kappa shape index (κ3) is 2.92. The molecule has 2 amide bonds. The first-order valence-corrected chi connectivity index (χ1v) is 8.77. The van der Waals surface area contributed by atoms with Crippen LogP contribution >= 0.6 is 0 Å². The average Bonchev–Trinajstić information content (AvgIpc) is 3.03. The van der Waals surface area contributed by atoms with E-state index in [1.165, 1.54) is 12.6 Å². The van der Waals surface area contributed by atoms with E-state index in [4.69, 9.17) is 9.26 Å². The maximum atomic E-state index is 12.2. The molecule has 7 heteroatoms. The van der Waals surface area contributed by atoms with Gasteiger partial charge in [0.15, 0.2) is 0 Å². The second-order valence-electron chi connectivity index (χ2n) is 7.31. The first kappa shape index (κ1) is 15.6. The van der Waals surface area contributed by atoms with Crippen LogP contribution in [0, 0.1) is 11.8 Å². The molecule has 0 bridgehead atoms. The normalized spacial score (nSPS) is 25.8. The Bertz CT molecular complexity index is 595. The van der Waals surface area contributed by atoms with Crippen LogP contribution in [0.4, 0.5) is 0 Å². The predicted octanol–water partition coefficient (Wildman–Crippen LogP) is 1.21. The average molecular weight is 333 g/mol. The summed E-state index contributed by atoms with van der Waals surface area (Å²) in [6, 6.07) is 1.55. The van der Waals surface area contributed by atoms with Crippen molar-refractivity contribution in [2.75, 3.05) is 26.2 Å². The van der Waals surface area contributed by atoms with E-state index < -0.39 is 0 Å². The van der Waals surface area contributed by atoms with Crippen molar-refractivity contribution in [2.24, 2.45) is 11.8 Å². The highest BCUT2D eigenvalue weighted by molar-refractivity contribution is 5.91. The fourth-order valence-corrected chi connectivity index (χ4v) is 3.70. The Labute approximate surface area is 140 Å². The Morgan fingerprint density at radius 2 is 2.17 bits per heavy atom. The lowest BCUT2D eigenvalue weighted by Gasteiger charge is -2.54. The SMILES string of the molecule is O=C(NCC1CCC2(CN(C(=O)C3CCC3)C2)OC1)c1ccno1. The van der Waals surface area contributed by atoms with Gasteiger partial charge >= 0.3 is 0 Å². The molecule has 1 unspecified atom stereocenters. The molecule has 3 aliphatic rings. The van der Waals surface area contributed by atoms with Crippen LogP contribution in [-0.2, 0) is 9.53 Å². The highest BCUT2D eigenvalue weighted by atomic mass is 16.5. The number of aromatic nitrogens is 1. The number of amides is 2. The highest BCUT2D eigenvalue weighted by Crippen LogP contribution is 2.38. The number of hydrogen-bond donors (Lipinski definition) is 1. The zero-order chi connectivity index (χ0) is 16.6. The molecule has 2 aliphatic heterocycles. The van der Waals surface area contributed by atoms with Crippen molar-refractivity contribution < 1.29 is 18.8 Å². The van der Waals surface area contributed by atoms with Gasteiger partial charge in [-0.05, 0) is 31.6 Å². The summed E-state index contributed by atoms with van der Waals surface area (Å²) in [5.74, 6) is 0.877. The van der Waals surface area contributed by atoms with Crippen LogP contribution in [0.25, 0.3) is 0 Å². The minimum Gasteiger partial charge on any atom is -0.371 e. The van der Waals surface area contributed by atoms with E-state index in [1.807, 2.05) is 4.90 Å². The molecule has 0 aromatic carbocycles. The van der Waals surface area contributed by atoms with E-state index in [0.29, 0.717) is 25.0 Å². The molecule has 1 atom stereocenters. The smallest absolute Gasteiger partial charge is 0.289 e. The van der Waals surface area contributed by atoms with Crippen LogP contribution in [0.1, 0.15) is 42.7 Å². The van der Waals surface area contributed by atoms with Gasteiger partial charge < -0.3 is 19.5 Å². The van der Waals surface area contributed by atoms with Gasteiger partial charge in [-0.25, -0.2) is 0 Å². The number of rotatable bonds is 4. The van der Waals surface area contributed by atoms with Crippen molar-refractivity contribution in [3.8, 4) is 0 Å². The summed E-state index contributed by atoms with van der Waals surface area (Å²) >= 11 is 0. The molecule has 1 saturated carbocycles. The Hall–Kier alpha value is -1.89.